The molecule has 1 aromatic rings. The summed E-state index contributed by atoms with van der Waals surface area (Å²) < 4.78 is 5.30. The van der Waals surface area contributed by atoms with Crippen LogP contribution < -0.4 is 5.32 Å². The fourth-order valence-corrected chi connectivity index (χ4v) is 1.90. The van der Waals surface area contributed by atoms with Gasteiger partial charge in [-0.25, -0.2) is 4.79 Å². The second kappa shape index (κ2) is 6.65. The van der Waals surface area contributed by atoms with Crippen LogP contribution in [0.25, 0.3) is 0 Å². The number of methoxy groups -OCH3 is 1. The standard InChI is InChI=1S/C14H23N3O3/c1-6-9-10(7-2)16-17-12(11(9)13(18)19)15-8-14(3,4)20-5/h6-8H2,1-5H3,(H,15,17)(H,18,19). The first-order chi connectivity index (χ1) is 9.36. The largest absolute Gasteiger partial charge is 0.478 e. The van der Waals surface area contributed by atoms with Crippen molar-refractivity contribution < 1.29 is 14.6 Å². The number of hydrogen-bond donors (Lipinski definition) is 2. The van der Waals surface area contributed by atoms with Crippen LogP contribution in [0.5, 0.6) is 0 Å². The number of aryl methyl sites for hydroxylation is 1. The number of aromatic carboxylic acids is 1. The Morgan fingerprint density at radius 1 is 1.30 bits per heavy atom. The first-order valence-corrected chi connectivity index (χ1v) is 6.77. The molecule has 0 fully saturated rings. The van der Waals surface area contributed by atoms with Gasteiger partial charge in [0, 0.05) is 13.7 Å². The first kappa shape index (κ1) is 16.4. The van der Waals surface area contributed by atoms with Crippen LogP contribution in [0.15, 0.2) is 0 Å². The van der Waals surface area contributed by atoms with Crippen molar-refractivity contribution in [3.63, 3.8) is 0 Å². The van der Waals surface area contributed by atoms with E-state index in [4.69, 9.17) is 4.74 Å². The van der Waals surface area contributed by atoms with Crippen molar-refractivity contribution in [1.82, 2.24) is 10.2 Å². The molecule has 0 amide bonds. The van der Waals surface area contributed by atoms with E-state index in [0.29, 0.717) is 25.2 Å². The minimum atomic E-state index is -0.982. The van der Waals surface area contributed by atoms with E-state index in [1.165, 1.54) is 0 Å². The molecule has 6 heteroatoms. The van der Waals surface area contributed by atoms with Gasteiger partial charge in [0.15, 0.2) is 5.82 Å². The van der Waals surface area contributed by atoms with Crippen LogP contribution in [0.2, 0.25) is 0 Å². The van der Waals surface area contributed by atoms with E-state index in [9.17, 15) is 9.90 Å². The van der Waals surface area contributed by atoms with Crippen molar-refractivity contribution in [2.24, 2.45) is 0 Å². The molecule has 112 valence electrons. The molecule has 0 atom stereocenters. The molecular weight excluding hydrogens is 258 g/mol. The minimum absolute atomic E-state index is 0.214. The third kappa shape index (κ3) is 3.66. The van der Waals surface area contributed by atoms with E-state index < -0.39 is 11.6 Å². The molecular formula is C14H23N3O3. The zero-order chi connectivity index (χ0) is 15.3. The second-order valence-electron chi connectivity index (χ2n) is 5.18. The number of nitrogens with one attached hydrogen (secondary N) is 1. The van der Waals surface area contributed by atoms with Crippen LogP contribution in [-0.2, 0) is 17.6 Å². The number of carbonyl (C=O) groups is 1. The maximum Gasteiger partial charge on any atom is 0.339 e. The molecule has 0 spiro atoms. The summed E-state index contributed by atoms with van der Waals surface area (Å²) in [6, 6.07) is 0. The quantitative estimate of drug-likeness (QED) is 0.796. The van der Waals surface area contributed by atoms with Crippen molar-refractivity contribution in [2.45, 2.75) is 46.1 Å². The Labute approximate surface area is 119 Å². The summed E-state index contributed by atoms with van der Waals surface area (Å²) in [5.41, 5.74) is 1.29. The van der Waals surface area contributed by atoms with Gasteiger partial charge < -0.3 is 15.2 Å². The summed E-state index contributed by atoms with van der Waals surface area (Å²) in [6.07, 6.45) is 1.28. The Balaban J connectivity index is 3.17. The number of nitrogens with zero attached hydrogens (tertiary/aromatic N) is 2. The smallest absolute Gasteiger partial charge is 0.339 e. The minimum Gasteiger partial charge on any atom is -0.478 e. The van der Waals surface area contributed by atoms with Gasteiger partial charge in [-0.05, 0) is 32.3 Å². The van der Waals surface area contributed by atoms with Crippen molar-refractivity contribution in [3.8, 4) is 0 Å². The number of aromatic nitrogens is 2. The number of ether oxygens (including phenoxy) is 1. The SMILES string of the molecule is CCc1nnc(NCC(C)(C)OC)c(C(=O)O)c1CC. The fourth-order valence-electron chi connectivity index (χ4n) is 1.90. The average molecular weight is 281 g/mol. The summed E-state index contributed by atoms with van der Waals surface area (Å²) >= 11 is 0. The predicted octanol–water partition coefficient (Wildman–Crippen LogP) is 2.14. The summed E-state index contributed by atoms with van der Waals surface area (Å²) in [7, 11) is 1.61. The third-order valence-corrected chi connectivity index (χ3v) is 3.29. The predicted molar refractivity (Wildman–Crippen MR) is 77.3 cm³/mol. The zero-order valence-electron chi connectivity index (χ0n) is 12.8. The Kier molecular flexibility index (Phi) is 5.44. The molecule has 20 heavy (non-hydrogen) atoms. The van der Waals surface area contributed by atoms with Gasteiger partial charge in [-0.3, -0.25) is 0 Å². The molecule has 0 radical (unpaired) electrons. The molecule has 1 rings (SSSR count). The topological polar surface area (TPSA) is 84.3 Å². The van der Waals surface area contributed by atoms with Gasteiger partial charge in [0.1, 0.15) is 5.56 Å². The Morgan fingerprint density at radius 3 is 2.40 bits per heavy atom. The third-order valence-electron chi connectivity index (χ3n) is 3.29. The molecule has 0 aliphatic heterocycles. The molecule has 0 saturated carbocycles. The molecule has 0 aliphatic carbocycles. The summed E-state index contributed by atoms with van der Waals surface area (Å²) in [5, 5.41) is 20.6. The number of hydrogen-bond acceptors (Lipinski definition) is 5. The van der Waals surface area contributed by atoms with Crippen LogP contribution in [-0.4, -0.2) is 40.5 Å². The van der Waals surface area contributed by atoms with Gasteiger partial charge in [0.2, 0.25) is 0 Å². The molecule has 1 heterocycles. The maximum absolute atomic E-state index is 11.5. The highest BCUT2D eigenvalue weighted by atomic mass is 16.5. The second-order valence-corrected chi connectivity index (χ2v) is 5.18. The molecule has 0 bridgehead atoms. The van der Waals surface area contributed by atoms with Crippen molar-refractivity contribution in [1.29, 1.82) is 0 Å². The normalized spacial score (nSPS) is 11.4. The van der Waals surface area contributed by atoms with Crippen molar-refractivity contribution in [3.05, 3.63) is 16.8 Å². The van der Waals surface area contributed by atoms with Crippen LogP contribution in [0.1, 0.15) is 49.3 Å². The highest BCUT2D eigenvalue weighted by Gasteiger charge is 2.22. The molecule has 1 aromatic heterocycles. The lowest BCUT2D eigenvalue weighted by Gasteiger charge is -2.24. The monoisotopic (exact) mass is 281 g/mol. The Bertz CT molecular complexity index is 487. The van der Waals surface area contributed by atoms with Crippen LogP contribution in [0.4, 0.5) is 5.82 Å². The molecule has 2 N–H and O–H groups in total. The highest BCUT2D eigenvalue weighted by molar-refractivity contribution is 5.95. The molecule has 6 nitrogen and oxygen atoms in total. The molecule has 0 aliphatic rings. The lowest BCUT2D eigenvalue weighted by Crippen LogP contribution is -2.33. The summed E-state index contributed by atoms with van der Waals surface area (Å²) in [5.74, 6) is -0.680. The number of rotatable bonds is 7. The van der Waals surface area contributed by atoms with Crippen LogP contribution in [0, 0.1) is 0 Å². The summed E-state index contributed by atoms with van der Waals surface area (Å²) in [6.45, 7) is 8.14. The van der Waals surface area contributed by atoms with E-state index in [2.05, 4.69) is 15.5 Å². The maximum atomic E-state index is 11.5. The van der Waals surface area contributed by atoms with Gasteiger partial charge in [-0.15, -0.1) is 5.10 Å². The van der Waals surface area contributed by atoms with E-state index in [1.807, 2.05) is 27.7 Å². The van der Waals surface area contributed by atoms with Gasteiger partial charge in [-0.2, -0.15) is 5.10 Å². The first-order valence-electron chi connectivity index (χ1n) is 6.77. The molecule has 0 saturated heterocycles. The number of carboxylic acids is 1. The van der Waals surface area contributed by atoms with Crippen molar-refractivity contribution in [2.75, 3.05) is 19.0 Å². The van der Waals surface area contributed by atoms with Crippen LogP contribution in [0.3, 0.4) is 0 Å². The Morgan fingerprint density at radius 2 is 1.95 bits per heavy atom. The van der Waals surface area contributed by atoms with Gasteiger partial charge in [0.25, 0.3) is 0 Å². The number of anilines is 1. The van der Waals surface area contributed by atoms with Gasteiger partial charge in [0.05, 0.1) is 11.3 Å². The van der Waals surface area contributed by atoms with E-state index in [1.54, 1.807) is 7.11 Å². The lowest BCUT2D eigenvalue weighted by molar-refractivity contribution is 0.0342. The lowest BCUT2D eigenvalue weighted by atomic mass is 10.0. The van der Waals surface area contributed by atoms with E-state index >= 15 is 0 Å². The van der Waals surface area contributed by atoms with E-state index in [0.717, 1.165) is 11.3 Å². The van der Waals surface area contributed by atoms with E-state index in [-0.39, 0.29) is 5.56 Å². The van der Waals surface area contributed by atoms with Crippen molar-refractivity contribution >= 4 is 11.8 Å². The van der Waals surface area contributed by atoms with Gasteiger partial charge >= 0.3 is 5.97 Å². The van der Waals surface area contributed by atoms with Crippen LogP contribution >= 0.6 is 0 Å². The highest BCUT2D eigenvalue weighted by Crippen LogP contribution is 2.22. The number of carboxylic acid groups (broad SMARTS) is 1. The average Bonchev–Trinajstić information content (AvgIpc) is 2.43. The molecule has 0 unspecified atom stereocenters. The zero-order valence-corrected chi connectivity index (χ0v) is 12.8. The summed E-state index contributed by atoms with van der Waals surface area (Å²) in [4.78, 5) is 11.5. The fraction of sp³-hybridized carbons (Fsp3) is 0.643. The molecule has 0 aromatic carbocycles. The Hall–Kier alpha value is -1.69. The van der Waals surface area contributed by atoms with Gasteiger partial charge in [-0.1, -0.05) is 13.8 Å².